The number of sulfonamides is 1. The molecular weight excluding hydrogens is 302 g/mol. The minimum Gasteiger partial charge on any atom is -0.399 e. The summed E-state index contributed by atoms with van der Waals surface area (Å²) in [7, 11) is -0.849. The lowest BCUT2D eigenvalue weighted by molar-refractivity contribution is -0.124. The number of halogens is 1. The van der Waals surface area contributed by atoms with E-state index in [9.17, 15) is 13.2 Å². The van der Waals surface area contributed by atoms with Crippen LogP contribution in [0.2, 0.25) is 5.02 Å². The van der Waals surface area contributed by atoms with E-state index in [4.69, 9.17) is 17.3 Å². The molecule has 0 radical (unpaired) electrons. The molecule has 1 amide bonds. The number of carbonyl (C=O) groups excluding carboxylic acids is 1. The van der Waals surface area contributed by atoms with Crippen LogP contribution < -0.4 is 11.1 Å². The maximum absolute atomic E-state index is 12.4. The molecule has 20 heavy (non-hydrogen) atoms. The van der Waals surface area contributed by atoms with Crippen molar-refractivity contribution in [2.45, 2.75) is 11.8 Å². The maximum atomic E-state index is 12.4. The van der Waals surface area contributed by atoms with Gasteiger partial charge in [-0.25, -0.2) is 12.7 Å². The van der Waals surface area contributed by atoms with Crippen LogP contribution in [0.1, 0.15) is 6.92 Å². The van der Waals surface area contributed by atoms with Crippen LogP contribution in [0.25, 0.3) is 0 Å². The van der Waals surface area contributed by atoms with Gasteiger partial charge in [0.15, 0.2) is 0 Å². The number of hydrogen-bond acceptors (Lipinski definition) is 4. The molecule has 0 aliphatic carbocycles. The zero-order chi connectivity index (χ0) is 15.5. The molecule has 1 aromatic rings. The quantitative estimate of drug-likeness (QED) is 0.789. The molecule has 3 N–H and O–H groups in total. The Morgan fingerprint density at radius 3 is 2.60 bits per heavy atom. The Kier molecular flexibility index (Phi) is 5.38. The van der Waals surface area contributed by atoms with E-state index in [0.717, 1.165) is 4.31 Å². The lowest BCUT2D eigenvalue weighted by Gasteiger charge is -2.21. The second kappa shape index (κ2) is 6.43. The van der Waals surface area contributed by atoms with Gasteiger partial charge < -0.3 is 11.1 Å². The zero-order valence-electron chi connectivity index (χ0n) is 11.6. The van der Waals surface area contributed by atoms with E-state index in [0.29, 0.717) is 5.69 Å². The number of amides is 1. The number of rotatable bonds is 5. The molecule has 0 bridgehead atoms. The lowest BCUT2D eigenvalue weighted by Crippen LogP contribution is -2.37. The summed E-state index contributed by atoms with van der Waals surface area (Å²) in [6, 6.07) is 4.20. The number of carbonyl (C=O) groups is 1. The van der Waals surface area contributed by atoms with Crippen LogP contribution in [-0.4, -0.2) is 39.3 Å². The van der Waals surface area contributed by atoms with Crippen molar-refractivity contribution in [3.05, 3.63) is 23.2 Å². The molecule has 112 valence electrons. The van der Waals surface area contributed by atoms with Gasteiger partial charge in [-0.15, -0.1) is 0 Å². The van der Waals surface area contributed by atoms with Crippen LogP contribution in [0, 0.1) is 5.92 Å². The normalized spacial score (nSPS) is 13.2. The first-order valence-electron chi connectivity index (χ1n) is 5.93. The second-order valence-corrected chi connectivity index (χ2v) is 6.91. The minimum absolute atomic E-state index is 0.0278. The number of hydrogen-bond donors (Lipinski definition) is 2. The molecule has 0 aliphatic rings. The Labute approximate surface area is 123 Å². The third-order valence-electron chi connectivity index (χ3n) is 2.87. The molecule has 1 unspecified atom stereocenters. The van der Waals surface area contributed by atoms with Crippen molar-refractivity contribution in [3.8, 4) is 0 Å². The minimum atomic E-state index is -3.76. The molecule has 8 heteroatoms. The largest absolute Gasteiger partial charge is 0.399 e. The Morgan fingerprint density at radius 2 is 2.10 bits per heavy atom. The lowest BCUT2D eigenvalue weighted by atomic mass is 10.2. The molecule has 1 aromatic carbocycles. The Morgan fingerprint density at radius 1 is 1.50 bits per heavy atom. The van der Waals surface area contributed by atoms with Crippen molar-refractivity contribution in [1.29, 1.82) is 0 Å². The number of benzene rings is 1. The van der Waals surface area contributed by atoms with Crippen molar-refractivity contribution in [1.82, 2.24) is 9.62 Å². The standard InChI is InChI=1S/C12H18ClN3O3S/c1-8(12(17)15-2)7-16(3)20(18,19)11-5-4-9(14)6-10(11)13/h4-6,8H,7,14H2,1-3H3,(H,15,17). The van der Waals surface area contributed by atoms with E-state index < -0.39 is 15.9 Å². The van der Waals surface area contributed by atoms with Gasteiger partial charge in [0.05, 0.1) is 5.02 Å². The SMILES string of the molecule is CNC(=O)C(C)CN(C)S(=O)(=O)c1ccc(N)cc1Cl. The highest BCUT2D eigenvalue weighted by Gasteiger charge is 2.26. The molecule has 1 atom stereocenters. The summed E-state index contributed by atoms with van der Waals surface area (Å²) >= 11 is 5.92. The average molecular weight is 320 g/mol. The van der Waals surface area contributed by atoms with Crippen molar-refractivity contribution >= 4 is 33.2 Å². The average Bonchev–Trinajstić information content (AvgIpc) is 2.36. The summed E-state index contributed by atoms with van der Waals surface area (Å²) < 4.78 is 25.9. The molecule has 0 heterocycles. The first-order valence-corrected chi connectivity index (χ1v) is 7.75. The van der Waals surface area contributed by atoms with Crippen LogP contribution in [0.3, 0.4) is 0 Å². The predicted molar refractivity (Wildman–Crippen MR) is 78.9 cm³/mol. The number of nitrogen functional groups attached to an aromatic ring is 1. The number of nitrogens with one attached hydrogen (secondary N) is 1. The first-order chi connectivity index (χ1) is 9.20. The van der Waals surface area contributed by atoms with Gasteiger partial charge in [0.25, 0.3) is 0 Å². The predicted octanol–water partition coefficient (Wildman–Crippen LogP) is 0.925. The van der Waals surface area contributed by atoms with Crippen LogP contribution in [-0.2, 0) is 14.8 Å². The molecule has 0 aromatic heterocycles. The molecule has 0 aliphatic heterocycles. The molecule has 0 spiro atoms. The van der Waals surface area contributed by atoms with Gasteiger partial charge in [-0.3, -0.25) is 4.79 Å². The highest BCUT2D eigenvalue weighted by molar-refractivity contribution is 7.89. The van der Waals surface area contributed by atoms with Gasteiger partial charge in [-0.2, -0.15) is 0 Å². The highest BCUT2D eigenvalue weighted by Crippen LogP contribution is 2.26. The van der Waals surface area contributed by atoms with Crippen LogP contribution >= 0.6 is 11.6 Å². The maximum Gasteiger partial charge on any atom is 0.244 e. The van der Waals surface area contributed by atoms with Crippen molar-refractivity contribution < 1.29 is 13.2 Å². The van der Waals surface area contributed by atoms with Crippen molar-refractivity contribution in [2.75, 3.05) is 26.4 Å². The van der Waals surface area contributed by atoms with Gasteiger partial charge >= 0.3 is 0 Å². The molecule has 1 rings (SSSR count). The summed E-state index contributed by atoms with van der Waals surface area (Å²) in [6.07, 6.45) is 0. The van der Waals surface area contributed by atoms with Crippen molar-refractivity contribution in [3.63, 3.8) is 0 Å². The summed E-state index contributed by atoms with van der Waals surface area (Å²) in [6.45, 7) is 1.71. The highest BCUT2D eigenvalue weighted by atomic mass is 35.5. The van der Waals surface area contributed by atoms with Gasteiger partial charge in [0, 0.05) is 32.2 Å². The number of anilines is 1. The summed E-state index contributed by atoms with van der Waals surface area (Å²) in [5.74, 6) is -0.692. The molecule has 0 saturated carbocycles. The van der Waals surface area contributed by atoms with Gasteiger partial charge in [-0.05, 0) is 18.2 Å². The smallest absolute Gasteiger partial charge is 0.244 e. The second-order valence-electron chi connectivity index (χ2n) is 4.49. The van der Waals surface area contributed by atoms with E-state index in [1.807, 2.05) is 0 Å². The third kappa shape index (κ3) is 3.62. The fraction of sp³-hybridized carbons (Fsp3) is 0.417. The first kappa shape index (κ1) is 16.7. The van der Waals surface area contributed by atoms with E-state index in [1.54, 1.807) is 6.92 Å². The van der Waals surface area contributed by atoms with E-state index in [1.165, 1.54) is 32.3 Å². The van der Waals surface area contributed by atoms with Crippen LogP contribution in [0.5, 0.6) is 0 Å². The Bertz CT molecular complexity index is 604. The zero-order valence-corrected chi connectivity index (χ0v) is 13.1. The summed E-state index contributed by atoms with van der Waals surface area (Å²) in [5, 5.41) is 2.54. The molecule has 0 saturated heterocycles. The van der Waals surface area contributed by atoms with Gasteiger partial charge in [0.2, 0.25) is 15.9 Å². The third-order valence-corrected chi connectivity index (χ3v) is 5.18. The van der Waals surface area contributed by atoms with Crippen LogP contribution in [0.4, 0.5) is 5.69 Å². The monoisotopic (exact) mass is 319 g/mol. The summed E-state index contributed by atoms with van der Waals surface area (Å²) in [5.41, 5.74) is 5.92. The van der Waals surface area contributed by atoms with Crippen molar-refractivity contribution in [2.24, 2.45) is 5.92 Å². The Balaban J connectivity index is 3.01. The molecule has 0 fully saturated rings. The van der Waals surface area contributed by atoms with Crippen LogP contribution in [0.15, 0.2) is 23.1 Å². The number of nitrogens with two attached hydrogens (primary N) is 1. The Hall–Kier alpha value is -1.31. The van der Waals surface area contributed by atoms with Gasteiger partial charge in [0.1, 0.15) is 4.90 Å². The fourth-order valence-corrected chi connectivity index (χ4v) is 3.49. The molecular formula is C12H18ClN3O3S. The van der Waals surface area contributed by atoms with E-state index in [2.05, 4.69) is 5.32 Å². The molecule has 6 nitrogen and oxygen atoms in total. The van der Waals surface area contributed by atoms with Gasteiger partial charge in [-0.1, -0.05) is 18.5 Å². The van der Waals surface area contributed by atoms with E-state index in [-0.39, 0.29) is 22.4 Å². The summed E-state index contributed by atoms with van der Waals surface area (Å²) in [4.78, 5) is 11.4. The number of nitrogens with zero attached hydrogens (tertiary/aromatic N) is 1. The fourth-order valence-electron chi connectivity index (χ4n) is 1.71. The topological polar surface area (TPSA) is 92.5 Å². The van der Waals surface area contributed by atoms with E-state index >= 15 is 0 Å².